The first-order valence-electron chi connectivity index (χ1n) is 6.68. The van der Waals surface area contributed by atoms with E-state index in [0.29, 0.717) is 11.0 Å². The van der Waals surface area contributed by atoms with E-state index in [1.807, 2.05) is 42.1 Å². The lowest BCUT2D eigenvalue weighted by Crippen LogP contribution is -1.88. The van der Waals surface area contributed by atoms with Gasteiger partial charge in [-0.25, -0.2) is 0 Å². The summed E-state index contributed by atoms with van der Waals surface area (Å²) in [6, 6.07) is 22.3. The lowest BCUT2D eigenvalue weighted by atomic mass is 10.1. The fourth-order valence-electron chi connectivity index (χ4n) is 2.34. The first kappa shape index (κ1) is 13.1. The van der Waals surface area contributed by atoms with Crippen LogP contribution in [0.1, 0.15) is 17.7 Å². The SMILES string of the molecule is CC(Sc1ccc(O)c2ccccc12)c1ccccc1. The highest BCUT2D eigenvalue weighted by molar-refractivity contribution is 7.99. The Morgan fingerprint density at radius 3 is 2.20 bits per heavy atom. The van der Waals surface area contributed by atoms with Crippen LogP contribution in [0.5, 0.6) is 5.75 Å². The monoisotopic (exact) mass is 280 g/mol. The summed E-state index contributed by atoms with van der Waals surface area (Å²) in [7, 11) is 0. The minimum Gasteiger partial charge on any atom is -0.507 e. The van der Waals surface area contributed by atoms with Gasteiger partial charge in [0.2, 0.25) is 0 Å². The van der Waals surface area contributed by atoms with Gasteiger partial charge in [0.15, 0.2) is 0 Å². The fraction of sp³-hybridized carbons (Fsp3) is 0.111. The molecule has 3 aromatic rings. The molecule has 0 radical (unpaired) electrons. The maximum atomic E-state index is 9.94. The van der Waals surface area contributed by atoms with Crippen molar-refractivity contribution in [1.29, 1.82) is 0 Å². The molecule has 20 heavy (non-hydrogen) atoms. The Morgan fingerprint density at radius 1 is 0.800 bits per heavy atom. The van der Waals surface area contributed by atoms with Crippen molar-refractivity contribution in [3.63, 3.8) is 0 Å². The molecule has 2 heteroatoms. The van der Waals surface area contributed by atoms with Crippen LogP contribution >= 0.6 is 11.8 Å². The summed E-state index contributed by atoms with van der Waals surface area (Å²) in [6.45, 7) is 2.21. The Bertz CT molecular complexity index is 722. The second-order valence-electron chi connectivity index (χ2n) is 4.80. The standard InChI is InChI=1S/C18H16OS/c1-13(14-7-3-2-4-8-14)20-18-12-11-17(19)15-9-5-6-10-16(15)18/h2-13,19H,1H3. The molecule has 3 aromatic carbocycles. The van der Waals surface area contributed by atoms with Gasteiger partial charge in [-0.15, -0.1) is 11.8 Å². The van der Waals surface area contributed by atoms with Crippen LogP contribution in [0, 0.1) is 0 Å². The third-order valence-corrected chi connectivity index (χ3v) is 4.67. The van der Waals surface area contributed by atoms with Crippen molar-refractivity contribution in [2.24, 2.45) is 0 Å². The smallest absolute Gasteiger partial charge is 0.123 e. The third kappa shape index (κ3) is 2.52. The van der Waals surface area contributed by atoms with Gasteiger partial charge in [-0.05, 0) is 30.0 Å². The minimum atomic E-state index is 0.345. The van der Waals surface area contributed by atoms with Gasteiger partial charge in [-0.2, -0.15) is 0 Å². The van der Waals surface area contributed by atoms with Gasteiger partial charge >= 0.3 is 0 Å². The summed E-state index contributed by atoms with van der Waals surface area (Å²) >= 11 is 1.82. The van der Waals surface area contributed by atoms with E-state index in [4.69, 9.17) is 0 Å². The van der Waals surface area contributed by atoms with Crippen LogP contribution in [0.15, 0.2) is 71.6 Å². The number of rotatable bonds is 3. The Hall–Kier alpha value is -1.93. The first-order valence-corrected chi connectivity index (χ1v) is 7.56. The average molecular weight is 280 g/mol. The number of thioether (sulfide) groups is 1. The van der Waals surface area contributed by atoms with E-state index in [1.165, 1.54) is 10.5 Å². The van der Waals surface area contributed by atoms with Crippen LogP contribution in [0.4, 0.5) is 0 Å². The molecule has 0 bridgehead atoms. The normalized spacial score (nSPS) is 12.4. The minimum absolute atomic E-state index is 0.345. The topological polar surface area (TPSA) is 20.2 Å². The number of phenols is 1. The highest BCUT2D eigenvalue weighted by Gasteiger charge is 2.10. The van der Waals surface area contributed by atoms with E-state index < -0.39 is 0 Å². The highest BCUT2D eigenvalue weighted by atomic mass is 32.2. The number of fused-ring (bicyclic) bond motifs is 1. The number of benzene rings is 3. The molecule has 1 unspecified atom stereocenters. The van der Waals surface area contributed by atoms with Crippen LogP contribution in [0.25, 0.3) is 10.8 Å². The Balaban J connectivity index is 1.97. The van der Waals surface area contributed by atoms with Crippen molar-refractivity contribution in [2.75, 3.05) is 0 Å². The van der Waals surface area contributed by atoms with Gasteiger partial charge in [-0.3, -0.25) is 0 Å². The fourth-order valence-corrected chi connectivity index (χ4v) is 3.47. The summed E-state index contributed by atoms with van der Waals surface area (Å²) in [5.74, 6) is 0.345. The zero-order valence-electron chi connectivity index (χ0n) is 11.3. The largest absolute Gasteiger partial charge is 0.507 e. The number of hydrogen-bond donors (Lipinski definition) is 1. The Labute approximate surface area is 123 Å². The molecular formula is C18H16OS. The molecule has 0 fully saturated rings. The zero-order chi connectivity index (χ0) is 13.9. The van der Waals surface area contributed by atoms with Crippen molar-refractivity contribution in [1.82, 2.24) is 0 Å². The summed E-state index contributed by atoms with van der Waals surface area (Å²) in [5, 5.41) is 12.3. The molecule has 1 nitrogen and oxygen atoms in total. The van der Waals surface area contributed by atoms with Gasteiger partial charge < -0.3 is 5.11 Å². The summed E-state index contributed by atoms with van der Waals surface area (Å²) in [4.78, 5) is 1.20. The Kier molecular flexibility index (Phi) is 3.66. The molecule has 0 heterocycles. The Morgan fingerprint density at radius 2 is 1.45 bits per heavy atom. The molecule has 0 spiro atoms. The van der Waals surface area contributed by atoms with Crippen molar-refractivity contribution in [3.8, 4) is 5.75 Å². The van der Waals surface area contributed by atoms with Crippen molar-refractivity contribution in [3.05, 3.63) is 72.3 Å². The molecule has 1 N–H and O–H groups in total. The van der Waals surface area contributed by atoms with E-state index in [-0.39, 0.29) is 0 Å². The van der Waals surface area contributed by atoms with E-state index in [9.17, 15) is 5.11 Å². The molecule has 0 aromatic heterocycles. The summed E-state index contributed by atoms with van der Waals surface area (Å²) in [5.41, 5.74) is 1.31. The van der Waals surface area contributed by atoms with Gasteiger partial charge in [0.1, 0.15) is 5.75 Å². The van der Waals surface area contributed by atoms with Crippen LogP contribution in [0.2, 0.25) is 0 Å². The van der Waals surface area contributed by atoms with Crippen LogP contribution in [-0.2, 0) is 0 Å². The average Bonchev–Trinajstić information content (AvgIpc) is 2.51. The molecule has 1 atom stereocenters. The lowest BCUT2D eigenvalue weighted by molar-refractivity contribution is 0.481. The third-order valence-electron chi connectivity index (χ3n) is 3.43. The van der Waals surface area contributed by atoms with Crippen molar-refractivity contribution < 1.29 is 5.11 Å². The van der Waals surface area contributed by atoms with E-state index in [1.54, 1.807) is 6.07 Å². The lowest BCUT2D eigenvalue weighted by Gasteiger charge is -2.14. The molecular weight excluding hydrogens is 264 g/mol. The van der Waals surface area contributed by atoms with Crippen LogP contribution in [-0.4, -0.2) is 5.11 Å². The maximum Gasteiger partial charge on any atom is 0.123 e. The molecule has 0 aliphatic carbocycles. The van der Waals surface area contributed by atoms with Gasteiger partial charge in [0.05, 0.1) is 0 Å². The van der Waals surface area contributed by atoms with Gasteiger partial charge in [-0.1, -0.05) is 54.6 Å². The molecule has 0 amide bonds. The predicted octanol–water partition coefficient (Wildman–Crippen LogP) is 5.40. The zero-order valence-corrected chi connectivity index (χ0v) is 12.1. The van der Waals surface area contributed by atoms with Crippen molar-refractivity contribution in [2.45, 2.75) is 17.1 Å². The number of phenolic OH excluding ortho intramolecular Hbond substituents is 1. The van der Waals surface area contributed by atoms with Gasteiger partial charge in [0, 0.05) is 15.5 Å². The summed E-state index contributed by atoms with van der Waals surface area (Å²) in [6.07, 6.45) is 0. The molecule has 0 aliphatic rings. The van der Waals surface area contributed by atoms with Crippen LogP contribution < -0.4 is 0 Å². The molecule has 0 saturated heterocycles. The van der Waals surface area contributed by atoms with E-state index in [2.05, 4.69) is 37.3 Å². The number of hydrogen-bond acceptors (Lipinski definition) is 2. The summed E-state index contributed by atoms with van der Waals surface area (Å²) < 4.78 is 0. The van der Waals surface area contributed by atoms with Crippen LogP contribution in [0.3, 0.4) is 0 Å². The van der Waals surface area contributed by atoms with E-state index in [0.717, 1.165) is 10.8 Å². The predicted molar refractivity (Wildman–Crippen MR) is 86.3 cm³/mol. The first-order chi connectivity index (χ1) is 9.75. The van der Waals surface area contributed by atoms with Gasteiger partial charge in [0.25, 0.3) is 0 Å². The number of aromatic hydroxyl groups is 1. The second kappa shape index (κ2) is 5.59. The molecule has 0 saturated carbocycles. The quantitative estimate of drug-likeness (QED) is 0.648. The van der Waals surface area contributed by atoms with Crippen molar-refractivity contribution >= 4 is 22.5 Å². The molecule has 3 rings (SSSR count). The molecule has 100 valence electrons. The second-order valence-corrected chi connectivity index (χ2v) is 6.18. The maximum absolute atomic E-state index is 9.94. The highest BCUT2D eigenvalue weighted by Crippen LogP contribution is 2.40. The molecule has 0 aliphatic heterocycles. The van der Waals surface area contributed by atoms with E-state index >= 15 is 0 Å².